The van der Waals surface area contributed by atoms with Gasteiger partial charge < -0.3 is 5.32 Å². The molecule has 3 heteroatoms. The summed E-state index contributed by atoms with van der Waals surface area (Å²) in [6.45, 7) is 0. The molecule has 0 spiro atoms. The molecule has 1 N–H and O–H groups in total. The maximum absolute atomic E-state index is 13.5. The van der Waals surface area contributed by atoms with Gasteiger partial charge in [0.15, 0.2) is 0 Å². The largest absolute Gasteiger partial charge is 0.313 e. The molecule has 1 saturated carbocycles. The van der Waals surface area contributed by atoms with Crippen LogP contribution in [0.3, 0.4) is 0 Å². The van der Waals surface area contributed by atoms with Crippen molar-refractivity contribution in [3.05, 3.63) is 34.6 Å². The minimum absolute atomic E-state index is 0.199. The summed E-state index contributed by atoms with van der Waals surface area (Å²) in [5.41, 5.74) is 0.998. The first kappa shape index (κ1) is 13.8. The van der Waals surface area contributed by atoms with Gasteiger partial charge in [0.05, 0.1) is 5.02 Å². The SMILES string of the molecule is CNC(CCC1CCCC1)c1ccc(Cl)c(F)c1. The van der Waals surface area contributed by atoms with Crippen LogP contribution >= 0.6 is 11.6 Å². The molecule has 1 aliphatic carbocycles. The summed E-state index contributed by atoms with van der Waals surface area (Å²) in [4.78, 5) is 0. The number of halogens is 2. The lowest BCUT2D eigenvalue weighted by molar-refractivity contribution is 0.426. The van der Waals surface area contributed by atoms with Gasteiger partial charge in [0.25, 0.3) is 0 Å². The molecule has 2 rings (SSSR count). The van der Waals surface area contributed by atoms with Crippen molar-refractivity contribution in [2.75, 3.05) is 7.05 Å². The summed E-state index contributed by atoms with van der Waals surface area (Å²) in [6, 6.07) is 5.35. The molecule has 1 atom stereocenters. The minimum Gasteiger partial charge on any atom is -0.313 e. The fourth-order valence-corrected chi connectivity index (χ4v) is 3.03. The Morgan fingerprint density at radius 1 is 1.39 bits per heavy atom. The van der Waals surface area contributed by atoms with Crippen molar-refractivity contribution >= 4 is 11.6 Å². The van der Waals surface area contributed by atoms with Crippen LogP contribution in [-0.2, 0) is 0 Å². The van der Waals surface area contributed by atoms with Crippen LogP contribution in [0.4, 0.5) is 4.39 Å². The van der Waals surface area contributed by atoms with E-state index in [1.807, 2.05) is 13.1 Å². The highest BCUT2D eigenvalue weighted by Gasteiger charge is 2.18. The van der Waals surface area contributed by atoms with E-state index in [-0.39, 0.29) is 16.9 Å². The molecule has 0 aliphatic heterocycles. The van der Waals surface area contributed by atoms with E-state index in [1.165, 1.54) is 32.1 Å². The molecule has 1 nitrogen and oxygen atoms in total. The van der Waals surface area contributed by atoms with E-state index in [1.54, 1.807) is 12.1 Å². The van der Waals surface area contributed by atoms with Crippen LogP contribution in [0.5, 0.6) is 0 Å². The van der Waals surface area contributed by atoms with Crippen molar-refractivity contribution in [2.24, 2.45) is 5.92 Å². The smallest absolute Gasteiger partial charge is 0.142 e. The van der Waals surface area contributed by atoms with Crippen molar-refractivity contribution in [3.63, 3.8) is 0 Å². The Hall–Kier alpha value is -0.600. The Bertz CT molecular complexity index is 388. The predicted octanol–water partition coefficient (Wildman–Crippen LogP) is 4.71. The summed E-state index contributed by atoms with van der Waals surface area (Å²) in [6.07, 6.45) is 7.80. The van der Waals surface area contributed by atoms with E-state index in [0.717, 1.165) is 17.9 Å². The van der Waals surface area contributed by atoms with Gasteiger partial charge in [-0.05, 0) is 43.5 Å². The molecule has 1 unspecified atom stereocenters. The average molecular weight is 270 g/mol. The Morgan fingerprint density at radius 3 is 2.72 bits per heavy atom. The first-order chi connectivity index (χ1) is 8.70. The number of nitrogens with one attached hydrogen (secondary N) is 1. The van der Waals surface area contributed by atoms with Gasteiger partial charge in [-0.1, -0.05) is 43.4 Å². The third-order valence-corrected chi connectivity index (χ3v) is 4.34. The molecular weight excluding hydrogens is 249 g/mol. The predicted molar refractivity (Wildman–Crippen MR) is 74.4 cm³/mol. The highest BCUT2D eigenvalue weighted by Crippen LogP contribution is 2.31. The van der Waals surface area contributed by atoms with Gasteiger partial charge in [-0.2, -0.15) is 0 Å². The van der Waals surface area contributed by atoms with Gasteiger partial charge in [-0.25, -0.2) is 4.39 Å². The van der Waals surface area contributed by atoms with E-state index in [4.69, 9.17) is 11.6 Å². The van der Waals surface area contributed by atoms with Crippen LogP contribution in [0.1, 0.15) is 50.1 Å². The van der Waals surface area contributed by atoms with Crippen molar-refractivity contribution in [1.82, 2.24) is 5.32 Å². The Morgan fingerprint density at radius 2 is 2.11 bits per heavy atom. The lowest BCUT2D eigenvalue weighted by atomic mass is 9.95. The van der Waals surface area contributed by atoms with Gasteiger partial charge in [0, 0.05) is 6.04 Å². The molecule has 100 valence electrons. The highest BCUT2D eigenvalue weighted by molar-refractivity contribution is 6.30. The zero-order valence-electron chi connectivity index (χ0n) is 10.9. The maximum Gasteiger partial charge on any atom is 0.142 e. The number of rotatable bonds is 5. The fraction of sp³-hybridized carbons (Fsp3) is 0.600. The topological polar surface area (TPSA) is 12.0 Å². The third kappa shape index (κ3) is 3.46. The third-order valence-electron chi connectivity index (χ3n) is 4.03. The Kier molecular flexibility index (Phi) is 5.02. The van der Waals surface area contributed by atoms with Crippen LogP contribution in [0.2, 0.25) is 5.02 Å². The summed E-state index contributed by atoms with van der Waals surface area (Å²) >= 11 is 5.71. The quantitative estimate of drug-likeness (QED) is 0.816. The molecule has 1 fully saturated rings. The van der Waals surface area contributed by atoms with Gasteiger partial charge in [0.2, 0.25) is 0 Å². The highest BCUT2D eigenvalue weighted by atomic mass is 35.5. The second kappa shape index (κ2) is 6.53. The summed E-state index contributed by atoms with van der Waals surface area (Å²) in [5.74, 6) is 0.549. The zero-order valence-corrected chi connectivity index (χ0v) is 11.6. The second-order valence-corrected chi connectivity index (χ2v) is 5.65. The lowest BCUT2D eigenvalue weighted by Gasteiger charge is -2.19. The van der Waals surface area contributed by atoms with Crippen molar-refractivity contribution in [3.8, 4) is 0 Å². The molecule has 1 aromatic rings. The van der Waals surface area contributed by atoms with E-state index in [2.05, 4.69) is 5.32 Å². The van der Waals surface area contributed by atoms with Crippen LogP contribution in [0.15, 0.2) is 18.2 Å². The molecule has 0 amide bonds. The molecule has 0 heterocycles. The van der Waals surface area contributed by atoms with Gasteiger partial charge >= 0.3 is 0 Å². The van der Waals surface area contributed by atoms with Gasteiger partial charge in [0.1, 0.15) is 5.82 Å². The normalized spacial score (nSPS) is 18.2. The van der Waals surface area contributed by atoms with Crippen LogP contribution < -0.4 is 5.32 Å². The van der Waals surface area contributed by atoms with Crippen LogP contribution in [0.25, 0.3) is 0 Å². The average Bonchev–Trinajstić information content (AvgIpc) is 2.87. The van der Waals surface area contributed by atoms with Gasteiger partial charge in [-0.15, -0.1) is 0 Å². The maximum atomic E-state index is 13.5. The lowest BCUT2D eigenvalue weighted by Crippen LogP contribution is -2.17. The fourth-order valence-electron chi connectivity index (χ4n) is 2.91. The summed E-state index contributed by atoms with van der Waals surface area (Å²) in [5, 5.41) is 3.48. The molecular formula is C15H21ClFN. The first-order valence-corrected chi connectivity index (χ1v) is 7.20. The van der Waals surface area contributed by atoms with Crippen LogP contribution in [-0.4, -0.2) is 7.05 Å². The number of benzene rings is 1. The molecule has 0 aromatic heterocycles. The molecule has 1 aromatic carbocycles. The second-order valence-electron chi connectivity index (χ2n) is 5.24. The van der Waals surface area contributed by atoms with Gasteiger partial charge in [-0.3, -0.25) is 0 Å². The van der Waals surface area contributed by atoms with Crippen molar-refractivity contribution in [2.45, 2.75) is 44.6 Å². The standard InChI is InChI=1S/C15H21ClFN/c1-18-15(9-6-11-4-2-3-5-11)12-7-8-13(16)14(17)10-12/h7-8,10-11,15,18H,2-6,9H2,1H3. The minimum atomic E-state index is -0.324. The molecule has 1 aliphatic rings. The van der Waals surface area contributed by atoms with E-state index in [9.17, 15) is 4.39 Å². The zero-order chi connectivity index (χ0) is 13.0. The Labute approximate surface area is 114 Å². The van der Waals surface area contributed by atoms with Crippen molar-refractivity contribution < 1.29 is 4.39 Å². The summed E-state index contributed by atoms with van der Waals surface area (Å²) < 4.78 is 13.5. The van der Waals surface area contributed by atoms with Crippen LogP contribution in [0, 0.1) is 11.7 Å². The van der Waals surface area contributed by atoms with E-state index >= 15 is 0 Å². The molecule has 0 bridgehead atoms. The monoisotopic (exact) mass is 269 g/mol. The van der Waals surface area contributed by atoms with E-state index < -0.39 is 0 Å². The number of hydrogen-bond donors (Lipinski definition) is 1. The molecule has 0 radical (unpaired) electrons. The first-order valence-electron chi connectivity index (χ1n) is 6.83. The number of hydrogen-bond acceptors (Lipinski definition) is 1. The molecule has 18 heavy (non-hydrogen) atoms. The molecule has 0 saturated heterocycles. The summed E-state index contributed by atoms with van der Waals surface area (Å²) in [7, 11) is 1.94. The van der Waals surface area contributed by atoms with Crippen molar-refractivity contribution in [1.29, 1.82) is 0 Å². The Balaban J connectivity index is 1.96. The van der Waals surface area contributed by atoms with E-state index in [0.29, 0.717) is 0 Å².